The number of hydrogen-bond acceptors (Lipinski definition) is 7. The molecule has 2 atom stereocenters. The Morgan fingerprint density at radius 3 is 2.59 bits per heavy atom. The van der Waals surface area contributed by atoms with E-state index in [2.05, 4.69) is 17.6 Å². The molecule has 2 heterocycles. The van der Waals surface area contributed by atoms with E-state index in [-0.39, 0.29) is 0 Å². The Morgan fingerprint density at radius 2 is 1.94 bits per heavy atom. The van der Waals surface area contributed by atoms with E-state index in [9.17, 15) is 19.2 Å². The van der Waals surface area contributed by atoms with E-state index in [1.165, 1.54) is 25.6 Å². The topological polar surface area (TPSA) is 114 Å². The van der Waals surface area contributed by atoms with Crippen molar-refractivity contribution < 1.29 is 28.7 Å². The molecule has 0 bridgehead atoms. The van der Waals surface area contributed by atoms with E-state index in [4.69, 9.17) is 9.47 Å². The molecule has 1 aromatic carbocycles. The van der Waals surface area contributed by atoms with Gasteiger partial charge in [0.25, 0.3) is 5.91 Å². The molecule has 9 nitrogen and oxygen atoms in total. The monoisotopic (exact) mass is 485 g/mol. The maximum Gasteiger partial charge on any atom is 0.341 e. The lowest BCUT2D eigenvalue weighted by atomic mass is 9.88. The van der Waals surface area contributed by atoms with Crippen LogP contribution in [0.1, 0.15) is 46.6 Å². The third kappa shape index (κ3) is 4.13. The van der Waals surface area contributed by atoms with Crippen LogP contribution in [0.5, 0.6) is 5.75 Å². The molecule has 10 heteroatoms. The Labute approximate surface area is 201 Å². The normalized spacial score (nSPS) is 21.6. The van der Waals surface area contributed by atoms with Crippen LogP contribution >= 0.6 is 11.3 Å². The standard InChI is InChI=1S/C24H27N3O6S/c1-13-5-10-16-17(11-13)34-20(19(16)21(29)33-4)25-18(28)12-27-22(30)24(2,26-23(27)31)14-6-8-15(32-3)9-7-14/h6-9,13H,5,10-12H2,1-4H3,(H,25,28)(H,26,31). The number of ether oxygens (including phenoxy) is 2. The SMILES string of the molecule is COC(=O)c1c(NC(=O)CN2C(=O)NC(C)(c3ccc(OC)cc3)C2=O)sc2c1CCC(C)C2. The zero-order valence-corrected chi connectivity index (χ0v) is 20.3. The summed E-state index contributed by atoms with van der Waals surface area (Å²) >= 11 is 1.35. The van der Waals surface area contributed by atoms with Gasteiger partial charge in [-0.2, -0.15) is 0 Å². The molecule has 1 aromatic heterocycles. The average Bonchev–Trinajstić information content (AvgIpc) is 3.27. The number of methoxy groups -OCH3 is 2. The molecule has 2 unspecified atom stereocenters. The number of urea groups is 1. The quantitative estimate of drug-likeness (QED) is 0.480. The zero-order valence-electron chi connectivity index (χ0n) is 19.5. The molecule has 180 valence electrons. The number of thiophene rings is 1. The first-order chi connectivity index (χ1) is 16.2. The van der Waals surface area contributed by atoms with Crippen LogP contribution in [0.2, 0.25) is 0 Å². The Balaban J connectivity index is 1.53. The predicted octanol–water partition coefficient (Wildman–Crippen LogP) is 3.07. The van der Waals surface area contributed by atoms with Gasteiger partial charge in [-0.1, -0.05) is 19.1 Å². The summed E-state index contributed by atoms with van der Waals surface area (Å²) in [5.74, 6) is -0.509. The Kier molecular flexibility index (Phi) is 6.35. The fraction of sp³-hybridized carbons (Fsp3) is 0.417. The molecule has 4 amide bonds. The largest absolute Gasteiger partial charge is 0.497 e. The minimum absolute atomic E-state index is 0.364. The number of hydrogen-bond donors (Lipinski definition) is 2. The summed E-state index contributed by atoms with van der Waals surface area (Å²) in [6.45, 7) is 3.27. The number of rotatable bonds is 6. The van der Waals surface area contributed by atoms with Crippen LogP contribution in [0.3, 0.4) is 0 Å². The average molecular weight is 486 g/mol. The van der Waals surface area contributed by atoms with Crippen LogP contribution in [0, 0.1) is 5.92 Å². The van der Waals surface area contributed by atoms with E-state index in [1.54, 1.807) is 31.2 Å². The van der Waals surface area contributed by atoms with Crippen LogP contribution in [0.25, 0.3) is 0 Å². The Morgan fingerprint density at radius 1 is 1.24 bits per heavy atom. The molecule has 1 aliphatic heterocycles. The number of fused-ring (bicyclic) bond motifs is 1. The van der Waals surface area contributed by atoms with Crippen molar-refractivity contribution in [3.8, 4) is 5.75 Å². The van der Waals surface area contributed by atoms with Gasteiger partial charge in [-0.05, 0) is 55.4 Å². The lowest BCUT2D eigenvalue weighted by molar-refractivity contribution is -0.133. The highest BCUT2D eigenvalue weighted by molar-refractivity contribution is 7.17. The third-order valence-electron chi connectivity index (χ3n) is 6.40. The fourth-order valence-corrected chi connectivity index (χ4v) is 5.84. The van der Waals surface area contributed by atoms with Crippen LogP contribution in [-0.4, -0.2) is 49.5 Å². The molecule has 2 N–H and O–H groups in total. The lowest BCUT2D eigenvalue weighted by Gasteiger charge is -2.22. The molecule has 0 spiro atoms. The third-order valence-corrected chi connectivity index (χ3v) is 7.57. The van der Waals surface area contributed by atoms with E-state index < -0.39 is 35.9 Å². The van der Waals surface area contributed by atoms with Gasteiger partial charge in [0.15, 0.2) is 0 Å². The predicted molar refractivity (Wildman–Crippen MR) is 126 cm³/mol. The molecule has 0 radical (unpaired) electrons. The maximum atomic E-state index is 13.2. The molecule has 2 aromatic rings. The summed E-state index contributed by atoms with van der Waals surface area (Å²) < 4.78 is 10.1. The van der Waals surface area contributed by atoms with Crippen molar-refractivity contribution in [3.63, 3.8) is 0 Å². The molecule has 1 aliphatic carbocycles. The fourth-order valence-electron chi connectivity index (χ4n) is 4.43. The number of esters is 1. The first-order valence-electron chi connectivity index (χ1n) is 11.0. The summed E-state index contributed by atoms with van der Waals surface area (Å²) in [6, 6.07) is 6.12. The maximum absolute atomic E-state index is 13.2. The molecule has 1 saturated heterocycles. The van der Waals surface area contributed by atoms with Crippen molar-refractivity contribution in [1.82, 2.24) is 10.2 Å². The molecule has 2 aliphatic rings. The van der Waals surface area contributed by atoms with Crippen LogP contribution in [-0.2, 0) is 32.7 Å². The molecule has 4 rings (SSSR count). The zero-order chi connectivity index (χ0) is 24.6. The summed E-state index contributed by atoms with van der Waals surface area (Å²) in [5.41, 5.74) is 0.539. The lowest BCUT2D eigenvalue weighted by Crippen LogP contribution is -2.42. The molecular formula is C24H27N3O6S. The van der Waals surface area contributed by atoms with E-state index in [1.807, 2.05) is 0 Å². The summed E-state index contributed by atoms with van der Waals surface area (Å²) in [7, 11) is 2.84. The van der Waals surface area contributed by atoms with Crippen LogP contribution < -0.4 is 15.4 Å². The van der Waals surface area contributed by atoms with Gasteiger partial charge in [-0.15, -0.1) is 11.3 Å². The van der Waals surface area contributed by atoms with Gasteiger partial charge in [0.2, 0.25) is 5.91 Å². The Hall–Kier alpha value is -3.40. The number of amides is 4. The van der Waals surface area contributed by atoms with Gasteiger partial charge in [0.1, 0.15) is 22.8 Å². The first-order valence-corrected chi connectivity index (χ1v) is 11.8. The van der Waals surface area contributed by atoms with Gasteiger partial charge < -0.3 is 20.1 Å². The van der Waals surface area contributed by atoms with Crippen molar-refractivity contribution in [1.29, 1.82) is 0 Å². The minimum Gasteiger partial charge on any atom is -0.497 e. The van der Waals surface area contributed by atoms with Gasteiger partial charge in [0, 0.05) is 4.88 Å². The van der Waals surface area contributed by atoms with Crippen molar-refractivity contribution in [3.05, 3.63) is 45.8 Å². The number of benzene rings is 1. The smallest absolute Gasteiger partial charge is 0.341 e. The summed E-state index contributed by atoms with van der Waals surface area (Å²) in [5, 5.41) is 5.81. The highest BCUT2D eigenvalue weighted by Crippen LogP contribution is 2.40. The second-order valence-corrected chi connectivity index (χ2v) is 9.88. The van der Waals surface area contributed by atoms with Crippen molar-refractivity contribution in [2.45, 2.75) is 38.6 Å². The van der Waals surface area contributed by atoms with Gasteiger partial charge >= 0.3 is 12.0 Å². The van der Waals surface area contributed by atoms with Crippen molar-refractivity contribution >= 4 is 40.2 Å². The number of nitrogens with zero attached hydrogens (tertiary/aromatic N) is 1. The van der Waals surface area contributed by atoms with E-state index >= 15 is 0 Å². The number of carbonyl (C=O) groups excluding carboxylic acids is 4. The van der Waals surface area contributed by atoms with Gasteiger partial charge in [-0.3, -0.25) is 14.5 Å². The van der Waals surface area contributed by atoms with E-state index in [0.717, 1.165) is 34.6 Å². The highest BCUT2D eigenvalue weighted by Gasteiger charge is 2.49. The molecule has 0 saturated carbocycles. The van der Waals surface area contributed by atoms with Gasteiger partial charge in [-0.25, -0.2) is 9.59 Å². The van der Waals surface area contributed by atoms with Crippen LogP contribution in [0.15, 0.2) is 24.3 Å². The number of imide groups is 1. The van der Waals surface area contributed by atoms with Crippen molar-refractivity contribution in [2.75, 3.05) is 26.1 Å². The second kappa shape index (κ2) is 9.09. The van der Waals surface area contributed by atoms with E-state index in [0.29, 0.717) is 27.8 Å². The Bertz CT molecular complexity index is 1160. The molecular weight excluding hydrogens is 458 g/mol. The highest BCUT2D eigenvalue weighted by atomic mass is 32.1. The van der Waals surface area contributed by atoms with Crippen LogP contribution in [0.4, 0.5) is 9.80 Å². The second-order valence-electron chi connectivity index (χ2n) is 8.77. The van der Waals surface area contributed by atoms with Crippen molar-refractivity contribution in [2.24, 2.45) is 5.92 Å². The number of carbonyl (C=O) groups is 4. The number of nitrogens with one attached hydrogen (secondary N) is 2. The molecule has 34 heavy (non-hydrogen) atoms. The summed E-state index contributed by atoms with van der Waals surface area (Å²) in [4.78, 5) is 53.1. The minimum atomic E-state index is -1.31. The van der Waals surface area contributed by atoms with Gasteiger partial charge in [0.05, 0.1) is 19.8 Å². The first kappa shape index (κ1) is 23.7. The molecule has 1 fully saturated rings. The summed E-state index contributed by atoms with van der Waals surface area (Å²) in [6.07, 6.45) is 2.52. The number of anilines is 1.